The molecule has 0 saturated carbocycles. The summed E-state index contributed by atoms with van der Waals surface area (Å²) in [6, 6.07) is 10.1. The zero-order chi connectivity index (χ0) is 18.5. The Morgan fingerprint density at radius 3 is 2.58 bits per heavy atom. The van der Waals surface area contributed by atoms with Crippen LogP contribution in [0.5, 0.6) is 0 Å². The lowest BCUT2D eigenvalue weighted by Gasteiger charge is -2.18. The molecule has 0 N–H and O–H groups in total. The van der Waals surface area contributed by atoms with Crippen LogP contribution in [-0.4, -0.2) is 42.1 Å². The predicted molar refractivity (Wildman–Crippen MR) is 103 cm³/mol. The molecule has 26 heavy (non-hydrogen) atoms. The highest BCUT2D eigenvalue weighted by atomic mass is 32.1. The number of carbonyl (C=O) groups excluding carboxylic acids is 1. The van der Waals surface area contributed by atoms with Crippen LogP contribution in [0.4, 0.5) is 5.69 Å². The summed E-state index contributed by atoms with van der Waals surface area (Å²) >= 11 is 1.58. The Morgan fingerprint density at radius 2 is 1.92 bits per heavy atom. The number of amides is 1. The zero-order valence-corrected chi connectivity index (χ0v) is 16.0. The third-order valence-electron chi connectivity index (χ3n) is 4.10. The van der Waals surface area contributed by atoms with Gasteiger partial charge in [0.2, 0.25) is 17.6 Å². The van der Waals surface area contributed by atoms with Crippen molar-refractivity contribution in [2.45, 2.75) is 19.4 Å². The van der Waals surface area contributed by atoms with Crippen LogP contribution in [0.2, 0.25) is 0 Å². The van der Waals surface area contributed by atoms with Crippen molar-refractivity contribution in [2.75, 3.05) is 26.0 Å². The van der Waals surface area contributed by atoms with Gasteiger partial charge in [-0.1, -0.05) is 17.3 Å². The first kappa shape index (κ1) is 18.1. The van der Waals surface area contributed by atoms with Crippen molar-refractivity contribution in [3.05, 3.63) is 52.5 Å². The van der Waals surface area contributed by atoms with Gasteiger partial charge in [0, 0.05) is 57.2 Å². The normalized spacial score (nSPS) is 10.7. The van der Waals surface area contributed by atoms with E-state index < -0.39 is 0 Å². The number of aryl methyl sites for hydroxylation is 1. The molecule has 6 nitrogen and oxygen atoms in total. The maximum atomic E-state index is 12.4. The van der Waals surface area contributed by atoms with E-state index in [9.17, 15) is 4.79 Å². The number of anilines is 1. The molecule has 0 aliphatic carbocycles. The van der Waals surface area contributed by atoms with Gasteiger partial charge in [0.25, 0.3) is 0 Å². The molecule has 0 atom stereocenters. The van der Waals surface area contributed by atoms with Crippen molar-refractivity contribution in [3.63, 3.8) is 0 Å². The predicted octanol–water partition coefficient (Wildman–Crippen LogP) is 3.46. The third kappa shape index (κ3) is 4.49. The first-order valence-corrected chi connectivity index (χ1v) is 9.32. The van der Waals surface area contributed by atoms with E-state index in [1.54, 1.807) is 16.2 Å². The Labute approximate surface area is 157 Å². The number of hydrogen-bond donors (Lipinski definition) is 0. The molecule has 0 aliphatic rings. The van der Waals surface area contributed by atoms with Gasteiger partial charge in [-0.25, -0.2) is 0 Å². The summed E-state index contributed by atoms with van der Waals surface area (Å²) in [5.41, 5.74) is 3.18. The van der Waals surface area contributed by atoms with Crippen molar-refractivity contribution in [2.24, 2.45) is 0 Å². The molecule has 1 amide bonds. The van der Waals surface area contributed by atoms with Crippen molar-refractivity contribution in [3.8, 4) is 11.4 Å². The van der Waals surface area contributed by atoms with E-state index in [0.29, 0.717) is 31.1 Å². The summed E-state index contributed by atoms with van der Waals surface area (Å²) in [6.07, 6.45) is 0.789. The average molecular weight is 370 g/mol. The van der Waals surface area contributed by atoms with Crippen LogP contribution in [0.3, 0.4) is 0 Å². The minimum absolute atomic E-state index is 0.0527. The second-order valence-electron chi connectivity index (χ2n) is 6.33. The fraction of sp³-hybridized carbons (Fsp3) is 0.316. The number of thiophene rings is 1. The van der Waals surface area contributed by atoms with E-state index in [0.717, 1.165) is 16.8 Å². The lowest BCUT2D eigenvalue weighted by Crippen LogP contribution is -2.26. The molecule has 2 heterocycles. The molecule has 2 aromatic heterocycles. The number of hydrogen-bond acceptors (Lipinski definition) is 6. The van der Waals surface area contributed by atoms with Gasteiger partial charge in [0.05, 0.1) is 0 Å². The minimum Gasteiger partial charge on any atom is -0.378 e. The van der Waals surface area contributed by atoms with Crippen LogP contribution in [0.1, 0.15) is 17.9 Å². The van der Waals surface area contributed by atoms with E-state index in [2.05, 4.69) is 22.3 Å². The van der Waals surface area contributed by atoms with Gasteiger partial charge in [0.15, 0.2) is 0 Å². The number of rotatable bonds is 7. The van der Waals surface area contributed by atoms with Gasteiger partial charge in [-0.3, -0.25) is 4.79 Å². The Balaban J connectivity index is 1.51. The van der Waals surface area contributed by atoms with E-state index in [4.69, 9.17) is 4.52 Å². The molecule has 3 rings (SSSR count). The molecule has 0 fully saturated rings. The Kier molecular flexibility index (Phi) is 5.68. The van der Waals surface area contributed by atoms with Crippen molar-refractivity contribution < 1.29 is 9.32 Å². The molecule has 0 aliphatic heterocycles. The van der Waals surface area contributed by atoms with Crippen LogP contribution >= 0.6 is 11.3 Å². The van der Waals surface area contributed by atoms with E-state index >= 15 is 0 Å². The van der Waals surface area contributed by atoms with Gasteiger partial charge < -0.3 is 14.3 Å². The number of aromatic nitrogens is 2. The topological polar surface area (TPSA) is 62.5 Å². The molecular weight excluding hydrogens is 348 g/mol. The Morgan fingerprint density at radius 1 is 1.15 bits per heavy atom. The average Bonchev–Trinajstić information content (AvgIpc) is 3.31. The second-order valence-corrected chi connectivity index (χ2v) is 7.11. The highest BCUT2D eigenvalue weighted by molar-refractivity contribution is 7.08. The largest absolute Gasteiger partial charge is 0.378 e. The first-order valence-electron chi connectivity index (χ1n) is 8.38. The summed E-state index contributed by atoms with van der Waals surface area (Å²) in [5.74, 6) is 1.11. The first-order chi connectivity index (χ1) is 12.5. The van der Waals surface area contributed by atoms with Crippen molar-refractivity contribution >= 4 is 22.9 Å². The minimum atomic E-state index is 0.0527. The monoisotopic (exact) mass is 370 g/mol. The molecule has 3 aromatic rings. The standard InChI is InChI=1S/C19H22N4O2S/c1-22(2)16-6-4-14(5-7-16)12-23(3)18(24)9-8-17-20-19(21-25-17)15-10-11-26-13-15/h4-7,10-11,13H,8-9,12H2,1-3H3. The molecule has 0 spiro atoms. The number of benzene rings is 1. The molecule has 0 radical (unpaired) electrons. The van der Waals surface area contributed by atoms with Crippen molar-refractivity contribution in [1.29, 1.82) is 0 Å². The van der Waals surface area contributed by atoms with E-state index in [-0.39, 0.29) is 5.91 Å². The van der Waals surface area contributed by atoms with E-state index in [1.807, 2.05) is 55.0 Å². The van der Waals surface area contributed by atoms with Crippen LogP contribution in [0, 0.1) is 0 Å². The van der Waals surface area contributed by atoms with Gasteiger partial charge in [0.1, 0.15) is 0 Å². The highest BCUT2D eigenvalue weighted by Gasteiger charge is 2.14. The molecule has 1 aromatic carbocycles. The summed E-state index contributed by atoms with van der Waals surface area (Å²) in [7, 11) is 5.82. The quantitative estimate of drug-likeness (QED) is 0.637. The van der Waals surface area contributed by atoms with Crippen LogP contribution in [-0.2, 0) is 17.8 Å². The Hall–Kier alpha value is -2.67. The maximum absolute atomic E-state index is 12.4. The second kappa shape index (κ2) is 8.14. The van der Waals surface area contributed by atoms with Gasteiger partial charge in [-0.05, 0) is 29.1 Å². The van der Waals surface area contributed by atoms with Gasteiger partial charge in [-0.15, -0.1) is 0 Å². The lowest BCUT2D eigenvalue weighted by molar-refractivity contribution is -0.130. The van der Waals surface area contributed by atoms with Crippen molar-refractivity contribution in [1.82, 2.24) is 15.0 Å². The molecule has 0 saturated heterocycles. The summed E-state index contributed by atoms with van der Waals surface area (Å²) in [6.45, 7) is 0.580. The summed E-state index contributed by atoms with van der Waals surface area (Å²) in [5, 5.41) is 7.90. The third-order valence-corrected chi connectivity index (χ3v) is 4.78. The molecule has 7 heteroatoms. The maximum Gasteiger partial charge on any atom is 0.227 e. The fourth-order valence-corrected chi connectivity index (χ4v) is 3.17. The number of nitrogens with zero attached hydrogens (tertiary/aromatic N) is 4. The smallest absolute Gasteiger partial charge is 0.227 e. The van der Waals surface area contributed by atoms with Crippen LogP contribution in [0.25, 0.3) is 11.4 Å². The highest BCUT2D eigenvalue weighted by Crippen LogP contribution is 2.19. The number of carbonyl (C=O) groups is 1. The SMILES string of the molecule is CN(Cc1ccc(N(C)C)cc1)C(=O)CCc1nc(-c2ccsc2)no1. The zero-order valence-electron chi connectivity index (χ0n) is 15.2. The lowest BCUT2D eigenvalue weighted by atomic mass is 10.2. The Bertz CT molecular complexity index is 841. The van der Waals surface area contributed by atoms with Gasteiger partial charge in [-0.2, -0.15) is 16.3 Å². The van der Waals surface area contributed by atoms with Crippen LogP contribution < -0.4 is 4.90 Å². The molecule has 136 valence electrons. The summed E-state index contributed by atoms with van der Waals surface area (Å²) < 4.78 is 5.24. The molecule has 0 bridgehead atoms. The van der Waals surface area contributed by atoms with E-state index in [1.165, 1.54) is 0 Å². The molecule has 0 unspecified atom stereocenters. The molecular formula is C19H22N4O2S. The van der Waals surface area contributed by atoms with Gasteiger partial charge >= 0.3 is 0 Å². The van der Waals surface area contributed by atoms with Crippen LogP contribution in [0.15, 0.2) is 45.6 Å². The summed E-state index contributed by atoms with van der Waals surface area (Å²) in [4.78, 5) is 20.5. The fourth-order valence-electron chi connectivity index (χ4n) is 2.53.